The van der Waals surface area contributed by atoms with Crippen molar-refractivity contribution in [2.75, 3.05) is 0 Å². The standard InChI is InChI=1S/C11H10F6O/c1-2-8-6(5-18)3-7(10(12,13)14)4-9(8)11(15,16)17/h3-4,18H,2,5H2,1H3. The summed E-state index contributed by atoms with van der Waals surface area (Å²) in [5.41, 5.74) is -3.40. The summed E-state index contributed by atoms with van der Waals surface area (Å²) in [6, 6.07) is 0.631. The van der Waals surface area contributed by atoms with Crippen LogP contribution in [-0.4, -0.2) is 5.11 Å². The molecule has 1 N–H and O–H groups in total. The average Bonchev–Trinajstić information content (AvgIpc) is 2.24. The summed E-state index contributed by atoms with van der Waals surface area (Å²) in [6.07, 6.45) is -9.87. The van der Waals surface area contributed by atoms with Crippen molar-refractivity contribution >= 4 is 0 Å². The van der Waals surface area contributed by atoms with Crippen molar-refractivity contribution in [1.29, 1.82) is 0 Å². The predicted molar refractivity (Wildman–Crippen MR) is 51.7 cm³/mol. The third kappa shape index (κ3) is 2.95. The Morgan fingerprint density at radius 1 is 1.00 bits per heavy atom. The number of rotatable bonds is 2. The number of halogens is 6. The first-order chi connectivity index (χ1) is 8.11. The molecule has 0 atom stereocenters. The summed E-state index contributed by atoms with van der Waals surface area (Å²) in [4.78, 5) is 0. The Bertz CT molecular complexity index is 432. The van der Waals surface area contributed by atoms with Gasteiger partial charge in [0.2, 0.25) is 0 Å². The van der Waals surface area contributed by atoms with Crippen LogP contribution in [0.25, 0.3) is 0 Å². The van der Waals surface area contributed by atoms with E-state index in [0.29, 0.717) is 6.07 Å². The van der Waals surface area contributed by atoms with Crippen molar-refractivity contribution < 1.29 is 31.4 Å². The second kappa shape index (κ2) is 4.79. The highest BCUT2D eigenvalue weighted by Crippen LogP contribution is 2.39. The fourth-order valence-electron chi connectivity index (χ4n) is 1.71. The van der Waals surface area contributed by atoms with E-state index >= 15 is 0 Å². The van der Waals surface area contributed by atoms with Crippen LogP contribution >= 0.6 is 0 Å². The van der Waals surface area contributed by atoms with Crippen LogP contribution in [0.1, 0.15) is 29.2 Å². The molecule has 0 bridgehead atoms. The minimum absolute atomic E-state index is 0.0813. The smallest absolute Gasteiger partial charge is 0.392 e. The van der Waals surface area contributed by atoms with Crippen molar-refractivity contribution in [1.82, 2.24) is 0 Å². The predicted octanol–water partition coefficient (Wildman–Crippen LogP) is 3.78. The van der Waals surface area contributed by atoms with Crippen LogP contribution in [0.2, 0.25) is 0 Å². The van der Waals surface area contributed by atoms with Gasteiger partial charge in [-0.05, 0) is 29.7 Å². The number of aliphatic hydroxyl groups is 1. The van der Waals surface area contributed by atoms with Gasteiger partial charge in [0.05, 0.1) is 17.7 Å². The van der Waals surface area contributed by atoms with Crippen molar-refractivity contribution in [3.8, 4) is 0 Å². The van der Waals surface area contributed by atoms with E-state index in [1.807, 2.05) is 0 Å². The van der Waals surface area contributed by atoms with Crippen LogP contribution in [-0.2, 0) is 25.4 Å². The lowest BCUT2D eigenvalue weighted by Crippen LogP contribution is -2.15. The van der Waals surface area contributed by atoms with Crippen molar-refractivity contribution in [3.63, 3.8) is 0 Å². The second-order valence-electron chi connectivity index (χ2n) is 3.67. The molecule has 0 saturated heterocycles. The number of aliphatic hydroxyl groups excluding tert-OH is 1. The molecule has 1 aromatic rings. The van der Waals surface area contributed by atoms with Crippen LogP contribution in [0.5, 0.6) is 0 Å². The molecule has 0 fully saturated rings. The van der Waals surface area contributed by atoms with Crippen LogP contribution in [0.4, 0.5) is 26.3 Å². The van der Waals surface area contributed by atoms with Crippen LogP contribution < -0.4 is 0 Å². The summed E-state index contributed by atoms with van der Waals surface area (Å²) in [6.45, 7) is 0.521. The largest absolute Gasteiger partial charge is 0.416 e. The molecule has 1 aromatic carbocycles. The van der Waals surface area contributed by atoms with E-state index in [1.165, 1.54) is 6.92 Å². The molecule has 102 valence electrons. The van der Waals surface area contributed by atoms with Gasteiger partial charge in [-0.1, -0.05) is 6.92 Å². The molecule has 0 saturated carbocycles. The van der Waals surface area contributed by atoms with E-state index in [-0.39, 0.29) is 23.6 Å². The fraction of sp³-hybridized carbons (Fsp3) is 0.455. The van der Waals surface area contributed by atoms with Gasteiger partial charge < -0.3 is 5.11 Å². The molecule has 0 aliphatic carbocycles. The fourth-order valence-corrected chi connectivity index (χ4v) is 1.71. The van der Waals surface area contributed by atoms with Gasteiger partial charge in [0.25, 0.3) is 0 Å². The Labute approximate surface area is 99.0 Å². The van der Waals surface area contributed by atoms with E-state index in [4.69, 9.17) is 5.11 Å². The topological polar surface area (TPSA) is 20.2 Å². The maximum absolute atomic E-state index is 12.7. The zero-order valence-corrected chi connectivity index (χ0v) is 9.28. The first-order valence-electron chi connectivity index (χ1n) is 5.02. The normalized spacial score (nSPS) is 12.9. The average molecular weight is 272 g/mol. The Morgan fingerprint density at radius 3 is 1.89 bits per heavy atom. The van der Waals surface area contributed by atoms with Gasteiger partial charge in [-0.3, -0.25) is 0 Å². The summed E-state index contributed by atoms with van der Waals surface area (Å²) in [7, 11) is 0. The molecule has 0 aliphatic heterocycles. The van der Waals surface area contributed by atoms with Gasteiger partial charge in [0, 0.05) is 0 Å². The van der Waals surface area contributed by atoms with Crippen molar-refractivity contribution in [2.45, 2.75) is 32.3 Å². The Kier molecular flexibility index (Phi) is 3.95. The molecule has 7 heteroatoms. The molecule has 0 spiro atoms. The third-order valence-corrected chi connectivity index (χ3v) is 2.50. The molecule has 1 rings (SSSR count). The molecule has 1 nitrogen and oxygen atoms in total. The van der Waals surface area contributed by atoms with Crippen LogP contribution in [0, 0.1) is 0 Å². The van der Waals surface area contributed by atoms with Crippen molar-refractivity contribution in [2.24, 2.45) is 0 Å². The molecule has 18 heavy (non-hydrogen) atoms. The van der Waals surface area contributed by atoms with Gasteiger partial charge >= 0.3 is 12.4 Å². The van der Waals surface area contributed by atoms with E-state index in [1.54, 1.807) is 0 Å². The molecule has 0 amide bonds. The number of hydrogen-bond donors (Lipinski definition) is 1. The molecule has 0 radical (unpaired) electrons. The lowest BCUT2D eigenvalue weighted by Gasteiger charge is -2.18. The highest BCUT2D eigenvalue weighted by molar-refractivity contribution is 5.41. The second-order valence-corrected chi connectivity index (χ2v) is 3.67. The van der Waals surface area contributed by atoms with E-state index < -0.39 is 30.1 Å². The monoisotopic (exact) mass is 272 g/mol. The lowest BCUT2D eigenvalue weighted by molar-refractivity contribution is -0.143. The van der Waals surface area contributed by atoms with Crippen LogP contribution in [0.15, 0.2) is 12.1 Å². The van der Waals surface area contributed by atoms with Gasteiger partial charge in [-0.2, -0.15) is 26.3 Å². The number of alkyl halides is 6. The molecule has 0 aromatic heterocycles. The lowest BCUT2D eigenvalue weighted by atomic mass is 9.95. The van der Waals surface area contributed by atoms with Crippen molar-refractivity contribution in [3.05, 3.63) is 34.4 Å². The van der Waals surface area contributed by atoms with Gasteiger partial charge in [0.15, 0.2) is 0 Å². The van der Waals surface area contributed by atoms with Gasteiger partial charge in [-0.25, -0.2) is 0 Å². The third-order valence-electron chi connectivity index (χ3n) is 2.50. The maximum Gasteiger partial charge on any atom is 0.416 e. The minimum Gasteiger partial charge on any atom is -0.392 e. The minimum atomic E-state index is -4.88. The summed E-state index contributed by atoms with van der Waals surface area (Å²) in [5.74, 6) is 0. The molecular weight excluding hydrogens is 262 g/mol. The SMILES string of the molecule is CCc1c(CO)cc(C(F)(F)F)cc1C(F)(F)F. The van der Waals surface area contributed by atoms with Gasteiger partial charge in [0.1, 0.15) is 0 Å². The van der Waals surface area contributed by atoms with Gasteiger partial charge in [-0.15, -0.1) is 0 Å². The Morgan fingerprint density at radius 2 is 1.56 bits per heavy atom. The first-order valence-corrected chi connectivity index (χ1v) is 5.02. The molecule has 0 aliphatic rings. The first kappa shape index (κ1) is 14.8. The van der Waals surface area contributed by atoms with E-state index in [9.17, 15) is 26.3 Å². The molecular formula is C11H10F6O. The van der Waals surface area contributed by atoms with E-state index in [2.05, 4.69) is 0 Å². The summed E-state index contributed by atoms with van der Waals surface area (Å²) in [5, 5.41) is 8.90. The van der Waals surface area contributed by atoms with Crippen LogP contribution in [0.3, 0.4) is 0 Å². The highest BCUT2D eigenvalue weighted by Gasteiger charge is 2.38. The molecule has 0 heterocycles. The molecule has 0 unspecified atom stereocenters. The number of benzene rings is 1. The highest BCUT2D eigenvalue weighted by atomic mass is 19.4. The van der Waals surface area contributed by atoms with E-state index in [0.717, 1.165) is 0 Å². The summed E-state index contributed by atoms with van der Waals surface area (Å²) < 4.78 is 75.4. The zero-order valence-electron chi connectivity index (χ0n) is 9.28. The quantitative estimate of drug-likeness (QED) is 0.812. The Balaban J connectivity index is 3.57. The summed E-state index contributed by atoms with van der Waals surface area (Å²) >= 11 is 0. The zero-order chi connectivity index (χ0) is 14.1. The number of hydrogen-bond acceptors (Lipinski definition) is 1. The Hall–Kier alpha value is -1.24. The maximum atomic E-state index is 12.7.